The maximum absolute atomic E-state index is 13.7. The molecule has 0 saturated carbocycles. The van der Waals surface area contributed by atoms with Gasteiger partial charge in [0.25, 0.3) is 15.9 Å². The van der Waals surface area contributed by atoms with Gasteiger partial charge in [-0.15, -0.1) is 0 Å². The highest BCUT2D eigenvalue weighted by atomic mass is 35.5. The second kappa shape index (κ2) is 10.1. The van der Waals surface area contributed by atoms with E-state index in [0.717, 1.165) is 12.8 Å². The zero-order valence-corrected chi connectivity index (χ0v) is 18.8. The lowest BCUT2D eigenvalue weighted by molar-refractivity contribution is -0.0258. The number of sulfonamides is 1. The van der Waals surface area contributed by atoms with Crippen LogP contribution in [-0.4, -0.2) is 57.1 Å². The molecule has 1 saturated heterocycles. The van der Waals surface area contributed by atoms with E-state index in [4.69, 9.17) is 21.2 Å². The first-order chi connectivity index (χ1) is 14.7. The van der Waals surface area contributed by atoms with Crippen LogP contribution < -0.4 is 0 Å². The molecular weight excluding hydrogens is 447 g/mol. The molecule has 168 valence electrons. The number of nitrogens with zero attached hydrogens (tertiary/aromatic N) is 2. The van der Waals surface area contributed by atoms with Gasteiger partial charge in [-0.2, -0.15) is 0 Å². The Morgan fingerprint density at radius 3 is 2.71 bits per heavy atom. The number of rotatable bonds is 8. The number of hydrogen-bond donors (Lipinski definition) is 0. The van der Waals surface area contributed by atoms with Gasteiger partial charge in [-0.05, 0) is 48.7 Å². The summed E-state index contributed by atoms with van der Waals surface area (Å²) in [5, 5.41) is -0.0312. The third-order valence-corrected chi connectivity index (χ3v) is 7.21. The fourth-order valence-corrected chi connectivity index (χ4v) is 4.84. The van der Waals surface area contributed by atoms with E-state index in [0.29, 0.717) is 23.2 Å². The van der Waals surface area contributed by atoms with Gasteiger partial charge < -0.3 is 9.64 Å². The molecular formula is C21H24ClFN2O5S. The Hall–Kier alpha value is -2.04. The van der Waals surface area contributed by atoms with Crippen molar-refractivity contribution in [2.45, 2.75) is 30.4 Å². The molecule has 31 heavy (non-hydrogen) atoms. The van der Waals surface area contributed by atoms with Crippen molar-refractivity contribution in [2.24, 2.45) is 0 Å². The van der Waals surface area contributed by atoms with Crippen LogP contribution in [0.1, 0.15) is 28.8 Å². The Bertz CT molecular complexity index is 1040. The van der Waals surface area contributed by atoms with Gasteiger partial charge >= 0.3 is 0 Å². The molecule has 1 atom stereocenters. The van der Waals surface area contributed by atoms with E-state index >= 15 is 0 Å². The Morgan fingerprint density at radius 1 is 1.29 bits per heavy atom. The van der Waals surface area contributed by atoms with Crippen molar-refractivity contribution >= 4 is 27.5 Å². The van der Waals surface area contributed by atoms with Gasteiger partial charge in [0, 0.05) is 32.3 Å². The van der Waals surface area contributed by atoms with Crippen LogP contribution in [0.4, 0.5) is 4.39 Å². The van der Waals surface area contributed by atoms with Crippen molar-refractivity contribution in [3.8, 4) is 0 Å². The molecule has 7 nitrogen and oxygen atoms in total. The predicted octanol–water partition coefficient (Wildman–Crippen LogP) is 3.48. The van der Waals surface area contributed by atoms with Gasteiger partial charge in [0.15, 0.2) is 0 Å². The molecule has 1 heterocycles. The third-order valence-electron chi connectivity index (χ3n) is 5.05. The highest BCUT2D eigenvalue weighted by Crippen LogP contribution is 2.27. The van der Waals surface area contributed by atoms with Crippen LogP contribution in [0.25, 0.3) is 0 Å². The average Bonchev–Trinajstić information content (AvgIpc) is 3.25. The van der Waals surface area contributed by atoms with Crippen molar-refractivity contribution in [1.82, 2.24) is 9.37 Å². The SMILES string of the molecule is CON(C)S(=O)(=O)c1cc(C(=O)N(Cc2cccc(F)c2)CC2CCCO2)ccc1Cl. The summed E-state index contributed by atoms with van der Waals surface area (Å²) in [6.07, 6.45) is 1.58. The first-order valence-corrected chi connectivity index (χ1v) is 11.5. The molecule has 0 radical (unpaired) electrons. The van der Waals surface area contributed by atoms with E-state index in [1.807, 2.05) is 0 Å². The summed E-state index contributed by atoms with van der Waals surface area (Å²) in [5.74, 6) is -0.808. The van der Waals surface area contributed by atoms with Gasteiger partial charge in [0.05, 0.1) is 18.2 Å². The molecule has 1 amide bonds. The van der Waals surface area contributed by atoms with Crippen LogP contribution in [0.15, 0.2) is 47.4 Å². The normalized spacial score (nSPS) is 16.6. The molecule has 1 aliphatic heterocycles. The van der Waals surface area contributed by atoms with Gasteiger partial charge in [0.1, 0.15) is 10.7 Å². The fraction of sp³-hybridized carbons (Fsp3) is 0.381. The summed E-state index contributed by atoms with van der Waals surface area (Å²) in [6.45, 7) is 1.08. The summed E-state index contributed by atoms with van der Waals surface area (Å²) in [7, 11) is -1.61. The summed E-state index contributed by atoms with van der Waals surface area (Å²) in [5.41, 5.74) is 0.758. The van der Waals surface area contributed by atoms with E-state index in [1.165, 1.54) is 49.4 Å². The molecule has 0 bridgehead atoms. The highest BCUT2D eigenvalue weighted by Gasteiger charge is 2.28. The van der Waals surface area contributed by atoms with Crippen LogP contribution in [0.5, 0.6) is 0 Å². The number of benzene rings is 2. The Labute approximate surface area is 186 Å². The van der Waals surface area contributed by atoms with E-state index < -0.39 is 21.7 Å². The van der Waals surface area contributed by atoms with E-state index in [-0.39, 0.29) is 28.1 Å². The van der Waals surface area contributed by atoms with Crippen molar-refractivity contribution < 1.29 is 27.2 Å². The standard InChI is InChI=1S/C21H24ClFN2O5S/c1-24(29-2)31(27,28)20-12-16(8-9-19(20)22)21(26)25(14-18-7-4-10-30-18)13-15-5-3-6-17(23)11-15/h3,5-6,8-9,11-12,18H,4,7,10,13-14H2,1-2H3. The van der Waals surface area contributed by atoms with Crippen molar-refractivity contribution in [3.63, 3.8) is 0 Å². The largest absolute Gasteiger partial charge is 0.376 e. The number of amides is 1. The zero-order chi connectivity index (χ0) is 22.6. The van der Waals surface area contributed by atoms with Crippen molar-refractivity contribution in [2.75, 3.05) is 27.3 Å². The van der Waals surface area contributed by atoms with Gasteiger partial charge in [-0.3, -0.25) is 9.63 Å². The quantitative estimate of drug-likeness (QED) is 0.552. The molecule has 0 N–H and O–H groups in total. The molecule has 10 heteroatoms. The number of hydrogen-bond acceptors (Lipinski definition) is 5. The lowest BCUT2D eigenvalue weighted by atomic mass is 10.1. The van der Waals surface area contributed by atoms with Crippen LogP contribution in [-0.2, 0) is 26.1 Å². The molecule has 1 aliphatic rings. The molecule has 0 aromatic heterocycles. The van der Waals surface area contributed by atoms with Crippen LogP contribution in [0.2, 0.25) is 5.02 Å². The Morgan fingerprint density at radius 2 is 2.06 bits per heavy atom. The van der Waals surface area contributed by atoms with E-state index in [1.54, 1.807) is 12.1 Å². The Balaban J connectivity index is 1.93. The first kappa shape index (κ1) is 23.6. The number of halogens is 2. The second-order valence-corrected chi connectivity index (χ2v) is 9.50. The monoisotopic (exact) mass is 470 g/mol. The van der Waals surface area contributed by atoms with Crippen LogP contribution in [0, 0.1) is 5.82 Å². The number of carbonyl (C=O) groups excluding carboxylic acids is 1. The van der Waals surface area contributed by atoms with Crippen LogP contribution in [0.3, 0.4) is 0 Å². The number of carbonyl (C=O) groups is 1. The summed E-state index contributed by atoms with van der Waals surface area (Å²) in [6, 6.07) is 10.0. The lowest BCUT2D eigenvalue weighted by Gasteiger charge is -2.26. The van der Waals surface area contributed by atoms with Gasteiger partial charge in [-0.1, -0.05) is 28.2 Å². The van der Waals surface area contributed by atoms with E-state index in [9.17, 15) is 17.6 Å². The molecule has 0 spiro atoms. The molecule has 2 aromatic carbocycles. The smallest absolute Gasteiger partial charge is 0.266 e. The molecule has 1 fully saturated rings. The maximum Gasteiger partial charge on any atom is 0.266 e. The number of ether oxygens (including phenoxy) is 1. The summed E-state index contributed by atoms with van der Waals surface area (Å²) < 4.78 is 45.3. The zero-order valence-electron chi connectivity index (χ0n) is 17.3. The molecule has 2 aromatic rings. The minimum absolute atomic E-state index is 0.0312. The minimum Gasteiger partial charge on any atom is -0.376 e. The Kier molecular flexibility index (Phi) is 7.66. The lowest BCUT2D eigenvalue weighted by Crippen LogP contribution is -2.37. The minimum atomic E-state index is -4.05. The van der Waals surface area contributed by atoms with Crippen LogP contribution >= 0.6 is 11.6 Å². The molecule has 0 aliphatic carbocycles. The fourth-order valence-electron chi connectivity index (χ4n) is 3.36. The maximum atomic E-state index is 13.7. The summed E-state index contributed by atoms with van der Waals surface area (Å²) in [4.78, 5) is 19.4. The first-order valence-electron chi connectivity index (χ1n) is 9.70. The second-order valence-electron chi connectivity index (χ2n) is 7.19. The van der Waals surface area contributed by atoms with Crippen molar-refractivity contribution in [1.29, 1.82) is 0 Å². The highest BCUT2D eigenvalue weighted by molar-refractivity contribution is 7.89. The van der Waals surface area contributed by atoms with E-state index in [2.05, 4.69) is 0 Å². The number of hydroxylamine groups is 1. The van der Waals surface area contributed by atoms with Gasteiger partial charge in [0.2, 0.25) is 0 Å². The van der Waals surface area contributed by atoms with Crippen molar-refractivity contribution in [3.05, 3.63) is 64.4 Å². The topological polar surface area (TPSA) is 76.2 Å². The predicted molar refractivity (Wildman–Crippen MR) is 114 cm³/mol. The third kappa shape index (κ3) is 5.61. The molecule has 1 unspecified atom stereocenters. The van der Waals surface area contributed by atoms with Gasteiger partial charge in [-0.25, -0.2) is 12.8 Å². The summed E-state index contributed by atoms with van der Waals surface area (Å²) >= 11 is 6.10. The molecule has 3 rings (SSSR count). The average molecular weight is 471 g/mol.